The average Bonchev–Trinajstić information content (AvgIpc) is 2.49. The molecular weight excluding hydrogens is 282 g/mol. The van der Waals surface area contributed by atoms with Gasteiger partial charge in [-0.05, 0) is 25.5 Å². The van der Waals surface area contributed by atoms with Gasteiger partial charge in [-0.3, -0.25) is 13.9 Å². The molecule has 6 nitrogen and oxygen atoms in total. The monoisotopic (exact) mass is 299 g/mol. The predicted molar refractivity (Wildman–Crippen MR) is 82.0 cm³/mol. The molecule has 0 aliphatic carbocycles. The van der Waals surface area contributed by atoms with Gasteiger partial charge in [0, 0.05) is 7.05 Å². The van der Waals surface area contributed by atoms with Crippen molar-refractivity contribution in [1.29, 1.82) is 5.26 Å². The molecule has 0 saturated carbocycles. The van der Waals surface area contributed by atoms with E-state index in [0.717, 1.165) is 4.57 Å². The molecule has 0 N–H and O–H groups in total. The topological polar surface area (TPSA) is 77.0 Å². The molecule has 2 aromatic rings. The minimum atomic E-state index is -0.476. The summed E-state index contributed by atoms with van der Waals surface area (Å²) < 4.78 is 7.95. The summed E-state index contributed by atoms with van der Waals surface area (Å²) in [7, 11) is 1.41. The van der Waals surface area contributed by atoms with Crippen molar-refractivity contribution in [2.45, 2.75) is 26.5 Å². The molecule has 0 unspecified atom stereocenters. The first kappa shape index (κ1) is 15.6. The van der Waals surface area contributed by atoms with E-state index < -0.39 is 11.2 Å². The lowest BCUT2D eigenvalue weighted by Gasteiger charge is -2.17. The number of nitriles is 1. The van der Waals surface area contributed by atoms with Crippen LogP contribution in [-0.4, -0.2) is 15.2 Å². The standard InChI is InChI=1S/C16H17N3O3/c1-11(2)22-15-8-14(20)18(3)16(21)19(15)10-13-7-5-4-6-12(13)9-17/h4-8,11H,10H2,1-3H3. The summed E-state index contributed by atoms with van der Waals surface area (Å²) in [5.41, 5.74) is 0.277. The molecule has 0 bridgehead atoms. The Morgan fingerprint density at radius 2 is 1.95 bits per heavy atom. The Bertz CT molecular complexity index is 841. The largest absolute Gasteiger partial charge is 0.476 e. The number of rotatable bonds is 4. The Kier molecular flexibility index (Phi) is 4.47. The van der Waals surface area contributed by atoms with E-state index in [4.69, 9.17) is 10.00 Å². The predicted octanol–water partition coefficient (Wildman–Crippen LogP) is 1.25. The second kappa shape index (κ2) is 6.31. The second-order valence-corrected chi connectivity index (χ2v) is 5.18. The average molecular weight is 299 g/mol. The van der Waals surface area contributed by atoms with Gasteiger partial charge in [0.2, 0.25) is 5.88 Å². The van der Waals surface area contributed by atoms with Crippen molar-refractivity contribution in [3.63, 3.8) is 0 Å². The number of nitrogens with zero attached hydrogens (tertiary/aromatic N) is 3. The van der Waals surface area contributed by atoms with Crippen LogP contribution in [0.5, 0.6) is 5.88 Å². The van der Waals surface area contributed by atoms with Crippen LogP contribution in [0.2, 0.25) is 0 Å². The highest BCUT2D eigenvalue weighted by molar-refractivity contribution is 5.37. The van der Waals surface area contributed by atoms with E-state index in [2.05, 4.69) is 6.07 Å². The maximum atomic E-state index is 12.4. The van der Waals surface area contributed by atoms with E-state index in [-0.39, 0.29) is 18.5 Å². The SMILES string of the molecule is CC(C)Oc1cc(=O)n(C)c(=O)n1Cc1ccccc1C#N. The Balaban J connectivity index is 2.59. The van der Waals surface area contributed by atoms with Crippen molar-refractivity contribution < 1.29 is 4.74 Å². The van der Waals surface area contributed by atoms with E-state index in [9.17, 15) is 9.59 Å². The van der Waals surface area contributed by atoms with Crippen molar-refractivity contribution in [1.82, 2.24) is 9.13 Å². The summed E-state index contributed by atoms with van der Waals surface area (Å²) in [5.74, 6) is 0.204. The minimum Gasteiger partial charge on any atom is -0.476 e. The minimum absolute atomic E-state index is 0.165. The highest BCUT2D eigenvalue weighted by Crippen LogP contribution is 2.13. The molecule has 1 aromatic carbocycles. The van der Waals surface area contributed by atoms with Crippen molar-refractivity contribution in [3.05, 3.63) is 62.3 Å². The molecule has 0 amide bonds. The fourth-order valence-electron chi connectivity index (χ4n) is 2.07. The molecule has 6 heteroatoms. The van der Waals surface area contributed by atoms with Gasteiger partial charge in [-0.25, -0.2) is 4.79 Å². The Morgan fingerprint density at radius 1 is 1.27 bits per heavy atom. The summed E-state index contributed by atoms with van der Waals surface area (Å²) in [6.07, 6.45) is -0.177. The van der Waals surface area contributed by atoms with Crippen LogP contribution in [0.1, 0.15) is 25.0 Å². The third kappa shape index (κ3) is 3.09. The normalized spacial score (nSPS) is 10.5. The smallest absolute Gasteiger partial charge is 0.333 e. The zero-order valence-corrected chi connectivity index (χ0v) is 12.7. The molecule has 2 rings (SSSR count). The molecule has 1 aromatic heterocycles. The van der Waals surface area contributed by atoms with E-state index >= 15 is 0 Å². The molecule has 22 heavy (non-hydrogen) atoms. The fraction of sp³-hybridized carbons (Fsp3) is 0.312. The van der Waals surface area contributed by atoms with Crippen LogP contribution in [0.25, 0.3) is 0 Å². The number of aromatic nitrogens is 2. The van der Waals surface area contributed by atoms with Crippen LogP contribution in [0, 0.1) is 11.3 Å². The van der Waals surface area contributed by atoms with Crippen LogP contribution < -0.4 is 16.0 Å². The Labute approximate surface area is 127 Å². The summed E-state index contributed by atoms with van der Waals surface area (Å²) in [5, 5.41) is 9.16. The number of benzene rings is 1. The quantitative estimate of drug-likeness (QED) is 0.851. The van der Waals surface area contributed by atoms with E-state index in [1.807, 2.05) is 13.8 Å². The molecular formula is C16H17N3O3. The zero-order chi connectivity index (χ0) is 16.3. The molecule has 114 valence electrons. The second-order valence-electron chi connectivity index (χ2n) is 5.18. The molecule has 1 heterocycles. The number of ether oxygens (including phenoxy) is 1. The van der Waals surface area contributed by atoms with E-state index in [1.165, 1.54) is 17.7 Å². The van der Waals surface area contributed by atoms with Crippen molar-refractivity contribution in [2.75, 3.05) is 0 Å². The molecule has 0 atom stereocenters. The maximum absolute atomic E-state index is 12.4. The van der Waals surface area contributed by atoms with E-state index in [0.29, 0.717) is 11.1 Å². The highest BCUT2D eigenvalue weighted by atomic mass is 16.5. The molecule has 0 aliphatic rings. The van der Waals surface area contributed by atoms with Gasteiger partial charge in [-0.2, -0.15) is 5.26 Å². The highest BCUT2D eigenvalue weighted by Gasteiger charge is 2.13. The number of hydrogen-bond acceptors (Lipinski definition) is 4. The molecule has 0 radical (unpaired) electrons. The molecule has 0 spiro atoms. The summed E-state index contributed by atoms with van der Waals surface area (Å²) in [6.45, 7) is 3.80. The fourth-order valence-corrected chi connectivity index (χ4v) is 2.07. The Hall–Kier alpha value is -2.81. The summed E-state index contributed by atoms with van der Waals surface area (Å²) in [6, 6.07) is 10.4. The van der Waals surface area contributed by atoms with Gasteiger partial charge >= 0.3 is 5.69 Å². The lowest BCUT2D eigenvalue weighted by atomic mass is 10.1. The van der Waals surface area contributed by atoms with Crippen LogP contribution >= 0.6 is 0 Å². The van der Waals surface area contributed by atoms with Gasteiger partial charge < -0.3 is 4.74 Å². The first-order valence-corrected chi connectivity index (χ1v) is 6.89. The van der Waals surface area contributed by atoms with Gasteiger partial charge in [0.05, 0.1) is 30.3 Å². The third-order valence-electron chi connectivity index (χ3n) is 3.18. The van der Waals surface area contributed by atoms with Crippen molar-refractivity contribution in [2.24, 2.45) is 7.05 Å². The van der Waals surface area contributed by atoms with Gasteiger partial charge in [-0.15, -0.1) is 0 Å². The van der Waals surface area contributed by atoms with Gasteiger partial charge in [-0.1, -0.05) is 18.2 Å². The zero-order valence-electron chi connectivity index (χ0n) is 12.7. The summed E-state index contributed by atoms with van der Waals surface area (Å²) >= 11 is 0. The van der Waals surface area contributed by atoms with Gasteiger partial charge in [0.25, 0.3) is 5.56 Å². The molecule has 0 fully saturated rings. The van der Waals surface area contributed by atoms with Crippen molar-refractivity contribution in [3.8, 4) is 11.9 Å². The summed E-state index contributed by atoms with van der Waals surface area (Å²) in [4.78, 5) is 24.1. The lowest BCUT2D eigenvalue weighted by molar-refractivity contribution is 0.217. The first-order valence-electron chi connectivity index (χ1n) is 6.89. The molecule has 0 aliphatic heterocycles. The number of hydrogen-bond donors (Lipinski definition) is 0. The Morgan fingerprint density at radius 3 is 2.59 bits per heavy atom. The van der Waals surface area contributed by atoms with Gasteiger partial charge in [0.1, 0.15) is 0 Å². The van der Waals surface area contributed by atoms with Gasteiger partial charge in [0.15, 0.2) is 0 Å². The van der Waals surface area contributed by atoms with Crippen LogP contribution in [0.4, 0.5) is 0 Å². The van der Waals surface area contributed by atoms with E-state index in [1.54, 1.807) is 24.3 Å². The third-order valence-corrected chi connectivity index (χ3v) is 3.18. The van der Waals surface area contributed by atoms with Crippen molar-refractivity contribution >= 4 is 0 Å². The maximum Gasteiger partial charge on any atom is 0.333 e. The molecule has 0 saturated heterocycles. The van der Waals surface area contributed by atoms with Crippen LogP contribution in [-0.2, 0) is 13.6 Å². The van der Waals surface area contributed by atoms with Crippen LogP contribution in [0.15, 0.2) is 39.9 Å². The lowest BCUT2D eigenvalue weighted by Crippen LogP contribution is -2.38. The van der Waals surface area contributed by atoms with Crippen LogP contribution in [0.3, 0.4) is 0 Å². The first-order chi connectivity index (χ1) is 10.4.